The smallest absolute Gasteiger partial charge is 0.261 e. The van der Waals surface area contributed by atoms with E-state index in [9.17, 15) is 17.6 Å². The number of halogens is 1. The fourth-order valence-corrected chi connectivity index (χ4v) is 5.23. The van der Waals surface area contributed by atoms with E-state index in [1.165, 1.54) is 11.0 Å². The first-order valence-corrected chi connectivity index (χ1v) is 11.0. The van der Waals surface area contributed by atoms with Gasteiger partial charge in [0.1, 0.15) is 11.6 Å². The number of hydrogen-bond acceptors (Lipinski definition) is 4. The van der Waals surface area contributed by atoms with Crippen molar-refractivity contribution in [2.45, 2.75) is 32.9 Å². The molecule has 0 unspecified atom stereocenters. The third kappa shape index (κ3) is 5.10. The molecule has 1 aliphatic rings. The average molecular weight is 405 g/mol. The van der Waals surface area contributed by atoms with E-state index in [0.717, 1.165) is 11.1 Å². The van der Waals surface area contributed by atoms with E-state index in [4.69, 9.17) is 4.74 Å². The van der Waals surface area contributed by atoms with Gasteiger partial charge in [0, 0.05) is 18.2 Å². The van der Waals surface area contributed by atoms with Crippen LogP contribution in [0.3, 0.4) is 0 Å². The second-order valence-electron chi connectivity index (χ2n) is 7.28. The van der Waals surface area contributed by atoms with Gasteiger partial charge in [0.2, 0.25) is 0 Å². The molecule has 1 saturated heterocycles. The van der Waals surface area contributed by atoms with Crippen LogP contribution in [0.1, 0.15) is 23.1 Å². The lowest BCUT2D eigenvalue weighted by molar-refractivity contribution is -0.136. The van der Waals surface area contributed by atoms with E-state index in [1.807, 2.05) is 32.0 Å². The fraction of sp³-hybridized carbons (Fsp3) is 0.381. The number of aryl methyl sites for hydroxylation is 2. The van der Waals surface area contributed by atoms with Crippen LogP contribution in [0.25, 0.3) is 0 Å². The number of hydrogen-bond donors (Lipinski definition) is 0. The minimum absolute atomic E-state index is 0.0158. The Morgan fingerprint density at radius 1 is 1.18 bits per heavy atom. The van der Waals surface area contributed by atoms with E-state index in [2.05, 4.69) is 0 Å². The van der Waals surface area contributed by atoms with Gasteiger partial charge in [-0.25, -0.2) is 12.8 Å². The van der Waals surface area contributed by atoms with Crippen molar-refractivity contribution in [2.75, 3.05) is 18.1 Å². The van der Waals surface area contributed by atoms with Crippen LogP contribution in [0.5, 0.6) is 5.75 Å². The zero-order valence-electron chi connectivity index (χ0n) is 16.0. The SMILES string of the molecule is Cc1cc(C)cc(OCC(=O)N(Cc2ccccc2F)[C@@H]2CCS(=O)(=O)C2)c1. The summed E-state index contributed by atoms with van der Waals surface area (Å²) >= 11 is 0. The molecule has 1 fully saturated rings. The highest BCUT2D eigenvalue weighted by Gasteiger charge is 2.35. The minimum atomic E-state index is -3.18. The Hall–Kier alpha value is -2.41. The lowest BCUT2D eigenvalue weighted by atomic mass is 10.1. The Morgan fingerprint density at radius 3 is 2.46 bits per heavy atom. The molecule has 0 saturated carbocycles. The maximum Gasteiger partial charge on any atom is 0.261 e. The molecule has 1 amide bonds. The van der Waals surface area contributed by atoms with Crippen molar-refractivity contribution in [1.29, 1.82) is 0 Å². The summed E-state index contributed by atoms with van der Waals surface area (Å²) in [6.45, 7) is 3.67. The Balaban J connectivity index is 1.77. The van der Waals surface area contributed by atoms with Crippen LogP contribution < -0.4 is 4.74 Å². The fourth-order valence-electron chi connectivity index (χ4n) is 3.50. The van der Waals surface area contributed by atoms with Crippen molar-refractivity contribution in [3.63, 3.8) is 0 Å². The number of rotatable bonds is 6. The summed E-state index contributed by atoms with van der Waals surface area (Å²) in [5, 5.41) is 0. The van der Waals surface area contributed by atoms with Crippen LogP contribution >= 0.6 is 0 Å². The third-order valence-electron chi connectivity index (χ3n) is 4.83. The van der Waals surface area contributed by atoms with E-state index < -0.39 is 21.7 Å². The second kappa shape index (κ2) is 8.31. The second-order valence-corrected chi connectivity index (χ2v) is 9.51. The predicted molar refractivity (Wildman–Crippen MR) is 105 cm³/mol. The molecule has 1 aliphatic heterocycles. The highest BCUT2D eigenvalue weighted by atomic mass is 32.2. The number of carbonyl (C=O) groups excluding carboxylic acids is 1. The summed E-state index contributed by atoms with van der Waals surface area (Å²) in [6.07, 6.45) is 0.353. The number of sulfone groups is 1. The first kappa shape index (κ1) is 20.3. The molecule has 150 valence electrons. The molecule has 0 aliphatic carbocycles. The maximum absolute atomic E-state index is 14.1. The lowest BCUT2D eigenvalue weighted by Gasteiger charge is -2.28. The van der Waals surface area contributed by atoms with Crippen molar-refractivity contribution < 1.29 is 22.3 Å². The van der Waals surface area contributed by atoms with Gasteiger partial charge in [-0.05, 0) is 49.6 Å². The predicted octanol–water partition coefficient (Wildman–Crippen LogP) is 3.04. The summed E-state index contributed by atoms with van der Waals surface area (Å²) in [5.74, 6) is -0.260. The molecule has 0 bridgehead atoms. The van der Waals surface area contributed by atoms with E-state index in [1.54, 1.807) is 18.2 Å². The summed E-state index contributed by atoms with van der Waals surface area (Å²) in [6, 6.07) is 11.4. The zero-order valence-corrected chi connectivity index (χ0v) is 16.8. The standard InChI is InChI=1S/C21H24FNO4S/c1-15-9-16(2)11-19(10-15)27-13-21(24)23(18-7-8-28(25,26)14-18)12-17-5-3-4-6-20(17)22/h3-6,9-11,18H,7-8,12-14H2,1-2H3/t18-/m1/s1. The number of ether oxygens (including phenoxy) is 1. The van der Waals surface area contributed by atoms with Gasteiger partial charge in [0.05, 0.1) is 11.5 Å². The Labute approximate surface area is 165 Å². The van der Waals surface area contributed by atoms with Gasteiger partial charge < -0.3 is 9.64 Å². The number of carbonyl (C=O) groups is 1. The van der Waals surface area contributed by atoms with Gasteiger partial charge in [-0.3, -0.25) is 4.79 Å². The topological polar surface area (TPSA) is 63.7 Å². The highest BCUT2D eigenvalue weighted by molar-refractivity contribution is 7.91. The van der Waals surface area contributed by atoms with Crippen LogP contribution in [0, 0.1) is 19.7 Å². The molecule has 3 rings (SSSR count). The van der Waals surface area contributed by atoms with Gasteiger partial charge in [0.25, 0.3) is 5.91 Å². The van der Waals surface area contributed by atoms with Crippen LogP contribution in [-0.2, 0) is 21.2 Å². The van der Waals surface area contributed by atoms with Gasteiger partial charge in [0.15, 0.2) is 16.4 Å². The molecule has 1 heterocycles. The molecule has 2 aromatic carbocycles. The lowest BCUT2D eigenvalue weighted by Crippen LogP contribution is -2.43. The molecule has 2 aromatic rings. The number of amides is 1. The summed E-state index contributed by atoms with van der Waals surface area (Å²) in [4.78, 5) is 14.3. The van der Waals surface area contributed by atoms with E-state index in [-0.39, 0.29) is 30.6 Å². The van der Waals surface area contributed by atoms with Gasteiger partial charge in [-0.15, -0.1) is 0 Å². The largest absolute Gasteiger partial charge is 0.484 e. The third-order valence-corrected chi connectivity index (χ3v) is 6.58. The molecule has 28 heavy (non-hydrogen) atoms. The van der Waals surface area contributed by atoms with Crippen molar-refractivity contribution in [2.24, 2.45) is 0 Å². The molecule has 5 nitrogen and oxygen atoms in total. The molecular weight excluding hydrogens is 381 g/mol. The van der Waals surface area contributed by atoms with Crippen LogP contribution in [0.4, 0.5) is 4.39 Å². The van der Waals surface area contributed by atoms with Gasteiger partial charge >= 0.3 is 0 Å². The molecule has 1 atom stereocenters. The Morgan fingerprint density at radius 2 is 1.86 bits per heavy atom. The zero-order chi connectivity index (χ0) is 20.3. The minimum Gasteiger partial charge on any atom is -0.484 e. The Kier molecular flexibility index (Phi) is 6.03. The van der Waals surface area contributed by atoms with Crippen molar-refractivity contribution >= 4 is 15.7 Å². The number of benzene rings is 2. The molecular formula is C21H24FNO4S. The normalized spacial score (nSPS) is 18.0. The summed E-state index contributed by atoms with van der Waals surface area (Å²) in [7, 11) is -3.18. The van der Waals surface area contributed by atoms with Gasteiger partial charge in [-0.2, -0.15) is 0 Å². The monoisotopic (exact) mass is 405 g/mol. The highest BCUT2D eigenvalue weighted by Crippen LogP contribution is 2.22. The molecule has 0 aromatic heterocycles. The van der Waals surface area contributed by atoms with Gasteiger partial charge in [-0.1, -0.05) is 24.3 Å². The van der Waals surface area contributed by atoms with E-state index in [0.29, 0.717) is 17.7 Å². The quantitative estimate of drug-likeness (QED) is 0.741. The van der Waals surface area contributed by atoms with Crippen LogP contribution in [-0.4, -0.2) is 43.4 Å². The molecule has 0 N–H and O–H groups in total. The summed E-state index contributed by atoms with van der Waals surface area (Å²) in [5.41, 5.74) is 2.40. The van der Waals surface area contributed by atoms with Crippen molar-refractivity contribution in [1.82, 2.24) is 4.90 Å². The number of nitrogens with zero attached hydrogens (tertiary/aromatic N) is 1. The molecule has 7 heteroatoms. The first-order chi connectivity index (χ1) is 13.2. The molecule has 0 spiro atoms. The van der Waals surface area contributed by atoms with Crippen molar-refractivity contribution in [3.05, 3.63) is 65.0 Å². The van der Waals surface area contributed by atoms with Crippen molar-refractivity contribution in [3.8, 4) is 5.75 Å². The molecule has 0 radical (unpaired) electrons. The van der Waals surface area contributed by atoms with Crippen LogP contribution in [0.15, 0.2) is 42.5 Å². The Bertz CT molecular complexity index is 954. The average Bonchev–Trinajstić information content (AvgIpc) is 2.98. The maximum atomic E-state index is 14.1. The summed E-state index contributed by atoms with van der Waals surface area (Å²) < 4.78 is 43.6. The first-order valence-electron chi connectivity index (χ1n) is 9.18. The van der Waals surface area contributed by atoms with Crippen LogP contribution in [0.2, 0.25) is 0 Å². The van der Waals surface area contributed by atoms with E-state index >= 15 is 0 Å².